The Labute approximate surface area is 168 Å². The van der Waals surface area contributed by atoms with Gasteiger partial charge in [-0.05, 0) is 19.4 Å². The Morgan fingerprint density at radius 3 is 2.24 bits per heavy atom. The number of aromatic nitrogens is 1. The van der Waals surface area contributed by atoms with Crippen LogP contribution < -0.4 is 0 Å². The minimum Gasteiger partial charge on any atom is -0.466 e. The molecule has 0 atom stereocenters. The molecule has 0 fully saturated rings. The van der Waals surface area contributed by atoms with Crippen molar-refractivity contribution in [2.75, 3.05) is 6.61 Å². The number of hydrogen-bond donors (Lipinski definition) is 0. The van der Waals surface area contributed by atoms with Crippen LogP contribution in [0.2, 0.25) is 0 Å². The molecule has 5 heteroatoms. The monoisotopic (exact) mass is 385 g/mol. The van der Waals surface area contributed by atoms with Gasteiger partial charge >= 0.3 is 5.97 Å². The van der Waals surface area contributed by atoms with Crippen LogP contribution in [0.15, 0.2) is 54.6 Å². The highest BCUT2D eigenvalue weighted by Crippen LogP contribution is 2.42. The van der Waals surface area contributed by atoms with Crippen molar-refractivity contribution in [2.45, 2.75) is 20.3 Å². The van der Waals surface area contributed by atoms with Gasteiger partial charge in [-0.1, -0.05) is 54.6 Å². The summed E-state index contributed by atoms with van der Waals surface area (Å²) in [5.74, 6) is -0.883. The van der Waals surface area contributed by atoms with Crippen LogP contribution in [0.3, 0.4) is 0 Å². The molecule has 2 aromatic carbocycles. The fourth-order valence-electron chi connectivity index (χ4n) is 3.82. The number of hydrogen-bond acceptors (Lipinski definition) is 5. The summed E-state index contributed by atoms with van der Waals surface area (Å²) < 4.78 is 5.12. The summed E-state index contributed by atoms with van der Waals surface area (Å²) >= 11 is 0. The molecule has 0 aliphatic heterocycles. The Morgan fingerprint density at radius 2 is 1.59 bits per heavy atom. The van der Waals surface area contributed by atoms with Crippen molar-refractivity contribution >= 4 is 17.5 Å². The third-order valence-electron chi connectivity index (χ3n) is 4.96. The predicted octanol–water partition coefficient (Wildman–Crippen LogP) is 4.27. The normalized spacial score (nSPS) is 11.7. The molecule has 4 rings (SSSR count). The zero-order valence-electron chi connectivity index (χ0n) is 16.2. The Morgan fingerprint density at radius 1 is 0.931 bits per heavy atom. The van der Waals surface area contributed by atoms with Gasteiger partial charge in [-0.25, -0.2) is 0 Å². The quantitative estimate of drug-likeness (QED) is 0.379. The second kappa shape index (κ2) is 7.43. The standard InChI is InChI=1S/C24H19NO4/c1-3-29-19(27)13-18-21(15-9-5-4-6-10-15)20(14(2)26)22-23(25-18)16-11-7-8-12-17(16)24(22)28/h4-12H,3,13H2,1-2H3. The molecule has 0 bridgehead atoms. The number of carbonyl (C=O) groups excluding carboxylic acids is 3. The zero-order chi connectivity index (χ0) is 20.5. The molecule has 0 unspecified atom stereocenters. The van der Waals surface area contributed by atoms with Crippen LogP contribution in [-0.4, -0.2) is 29.1 Å². The van der Waals surface area contributed by atoms with E-state index in [1.807, 2.05) is 42.5 Å². The smallest absolute Gasteiger partial charge is 0.311 e. The second-order valence-corrected chi connectivity index (χ2v) is 6.81. The van der Waals surface area contributed by atoms with E-state index >= 15 is 0 Å². The predicted molar refractivity (Wildman–Crippen MR) is 109 cm³/mol. The van der Waals surface area contributed by atoms with Crippen LogP contribution in [0, 0.1) is 0 Å². The SMILES string of the molecule is CCOC(=O)Cc1nc2c(c(C(C)=O)c1-c1ccccc1)C(=O)c1ccccc1-2. The van der Waals surface area contributed by atoms with Crippen LogP contribution in [0.25, 0.3) is 22.4 Å². The fourth-order valence-corrected chi connectivity index (χ4v) is 3.82. The molecule has 29 heavy (non-hydrogen) atoms. The average Bonchev–Trinajstić information content (AvgIpc) is 3.00. The fraction of sp³-hybridized carbons (Fsp3) is 0.167. The van der Waals surface area contributed by atoms with Crippen LogP contribution in [0.4, 0.5) is 0 Å². The first kappa shape index (κ1) is 18.7. The maximum Gasteiger partial charge on any atom is 0.311 e. The van der Waals surface area contributed by atoms with E-state index < -0.39 is 5.97 Å². The number of fused-ring (bicyclic) bond motifs is 3. The topological polar surface area (TPSA) is 73.3 Å². The van der Waals surface area contributed by atoms with Crippen molar-refractivity contribution in [1.82, 2.24) is 4.98 Å². The molecule has 0 N–H and O–H groups in total. The Balaban J connectivity index is 2.06. The van der Waals surface area contributed by atoms with Crippen LogP contribution in [0.1, 0.15) is 45.8 Å². The number of ketones is 2. The van der Waals surface area contributed by atoms with Gasteiger partial charge < -0.3 is 4.74 Å². The van der Waals surface area contributed by atoms with E-state index in [-0.39, 0.29) is 24.6 Å². The first-order valence-electron chi connectivity index (χ1n) is 9.45. The summed E-state index contributed by atoms with van der Waals surface area (Å²) in [5, 5.41) is 0. The van der Waals surface area contributed by atoms with E-state index in [4.69, 9.17) is 9.72 Å². The number of esters is 1. The number of ether oxygens (including phenoxy) is 1. The Hall–Kier alpha value is -3.60. The van der Waals surface area contributed by atoms with Gasteiger partial charge in [0.05, 0.1) is 30.0 Å². The first-order valence-corrected chi connectivity index (χ1v) is 9.45. The summed E-state index contributed by atoms with van der Waals surface area (Å²) in [5.41, 5.74) is 3.95. The van der Waals surface area contributed by atoms with Gasteiger partial charge in [-0.3, -0.25) is 19.4 Å². The largest absolute Gasteiger partial charge is 0.466 e. The molecule has 1 heterocycles. The number of rotatable bonds is 5. The maximum atomic E-state index is 13.1. The van der Waals surface area contributed by atoms with E-state index in [1.165, 1.54) is 6.92 Å². The van der Waals surface area contributed by atoms with Crippen molar-refractivity contribution < 1.29 is 19.1 Å². The number of nitrogens with zero attached hydrogens (tertiary/aromatic N) is 1. The van der Waals surface area contributed by atoms with Gasteiger partial charge in [0.15, 0.2) is 11.6 Å². The van der Waals surface area contributed by atoms with Crippen LogP contribution >= 0.6 is 0 Å². The number of Topliss-reactive ketones (excluding diaryl/α,β-unsaturated/α-hetero) is 1. The molecule has 144 valence electrons. The van der Waals surface area contributed by atoms with E-state index in [2.05, 4.69) is 0 Å². The van der Waals surface area contributed by atoms with Crippen molar-refractivity contribution in [2.24, 2.45) is 0 Å². The van der Waals surface area contributed by atoms with Gasteiger partial charge in [-0.15, -0.1) is 0 Å². The second-order valence-electron chi connectivity index (χ2n) is 6.81. The minimum atomic E-state index is -0.427. The van der Waals surface area contributed by atoms with E-state index in [1.54, 1.807) is 19.1 Å². The first-order chi connectivity index (χ1) is 14.0. The number of benzene rings is 2. The lowest BCUT2D eigenvalue weighted by molar-refractivity contribution is -0.142. The molecule has 0 spiro atoms. The van der Waals surface area contributed by atoms with Crippen molar-refractivity contribution in [3.63, 3.8) is 0 Å². The molecule has 1 aliphatic carbocycles. The van der Waals surface area contributed by atoms with Gasteiger partial charge in [0.2, 0.25) is 0 Å². The van der Waals surface area contributed by atoms with Crippen molar-refractivity contribution in [3.05, 3.63) is 77.0 Å². The highest BCUT2D eigenvalue weighted by molar-refractivity contribution is 6.26. The van der Waals surface area contributed by atoms with Crippen molar-refractivity contribution in [1.29, 1.82) is 0 Å². The lowest BCUT2D eigenvalue weighted by Crippen LogP contribution is -2.15. The molecule has 0 amide bonds. The maximum absolute atomic E-state index is 13.1. The average molecular weight is 385 g/mol. The summed E-state index contributed by atoms with van der Waals surface area (Å²) in [6, 6.07) is 16.4. The Kier molecular flexibility index (Phi) is 4.80. The molecule has 0 radical (unpaired) electrons. The van der Waals surface area contributed by atoms with E-state index in [0.29, 0.717) is 39.2 Å². The molecule has 1 aliphatic rings. The van der Waals surface area contributed by atoms with E-state index in [9.17, 15) is 14.4 Å². The molecular weight excluding hydrogens is 366 g/mol. The molecular formula is C24H19NO4. The molecule has 0 saturated carbocycles. The number of carbonyl (C=O) groups is 3. The third-order valence-corrected chi connectivity index (χ3v) is 4.96. The highest BCUT2D eigenvalue weighted by atomic mass is 16.5. The van der Waals surface area contributed by atoms with Crippen molar-refractivity contribution in [3.8, 4) is 22.4 Å². The zero-order valence-corrected chi connectivity index (χ0v) is 16.2. The molecule has 1 aromatic heterocycles. The minimum absolute atomic E-state index is 0.0814. The summed E-state index contributed by atoms with van der Waals surface area (Å²) in [7, 11) is 0. The Bertz CT molecular complexity index is 1150. The lowest BCUT2D eigenvalue weighted by atomic mass is 9.89. The summed E-state index contributed by atoms with van der Waals surface area (Å²) in [6.07, 6.45) is -0.0814. The number of pyridine rings is 1. The van der Waals surface area contributed by atoms with Gasteiger partial charge in [0.25, 0.3) is 0 Å². The van der Waals surface area contributed by atoms with E-state index in [0.717, 1.165) is 5.56 Å². The molecule has 0 saturated heterocycles. The third kappa shape index (κ3) is 3.14. The highest BCUT2D eigenvalue weighted by Gasteiger charge is 2.35. The lowest BCUT2D eigenvalue weighted by Gasteiger charge is -2.16. The van der Waals surface area contributed by atoms with Gasteiger partial charge in [0, 0.05) is 22.3 Å². The van der Waals surface area contributed by atoms with Crippen LogP contribution in [0.5, 0.6) is 0 Å². The van der Waals surface area contributed by atoms with Gasteiger partial charge in [0.1, 0.15) is 0 Å². The summed E-state index contributed by atoms with van der Waals surface area (Å²) in [4.78, 5) is 42.9. The summed E-state index contributed by atoms with van der Waals surface area (Å²) in [6.45, 7) is 3.43. The molecule has 3 aromatic rings. The van der Waals surface area contributed by atoms with Gasteiger partial charge in [-0.2, -0.15) is 0 Å². The van der Waals surface area contributed by atoms with Crippen LogP contribution in [-0.2, 0) is 16.0 Å². The molecule has 5 nitrogen and oxygen atoms in total.